The van der Waals surface area contributed by atoms with Crippen molar-refractivity contribution in [3.63, 3.8) is 0 Å². The number of hydrogen-bond donors (Lipinski definition) is 1. The monoisotopic (exact) mass is 750 g/mol. The Morgan fingerprint density at radius 1 is 0.904 bits per heavy atom. The zero-order valence-electron chi connectivity index (χ0n) is 30.7. The molecule has 2 heterocycles. The molecule has 2 aliphatic carbocycles. The van der Waals surface area contributed by atoms with E-state index < -0.39 is 100 Å². The van der Waals surface area contributed by atoms with Crippen LogP contribution in [0, 0.1) is 22.7 Å². The van der Waals surface area contributed by atoms with Gasteiger partial charge in [0.25, 0.3) is 5.91 Å². The van der Waals surface area contributed by atoms with Crippen LogP contribution in [0.3, 0.4) is 0 Å². The summed E-state index contributed by atoms with van der Waals surface area (Å²) in [5.41, 5.74) is 2.82. The van der Waals surface area contributed by atoms with E-state index in [-0.39, 0.29) is 30.1 Å². The van der Waals surface area contributed by atoms with Crippen LogP contribution in [0.15, 0.2) is 30.3 Å². The van der Waals surface area contributed by atoms with Crippen LogP contribution in [-0.4, -0.2) is 97.5 Å². The fourth-order valence-corrected chi connectivity index (χ4v) is 11.5. The first-order valence-electron chi connectivity index (χ1n) is 17.7. The Kier molecular flexibility index (Phi) is 11.7. The molecule has 4 aliphatic rings. The number of carbonyl (C=O) groups is 5. The molecule has 0 radical (unpaired) electrons. The average molecular weight is 751 g/mol. The molecule has 1 N–H and O–H groups in total. The lowest BCUT2D eigenvalue weighted by Crippen LogP contribution is -2.63. The lowest BCUT2D eigenvalue weighted by molar-refractivity contribution is -0.255. The zero-order valence-corrected chi connectivity index (χ0v) is 31.5. The standard InChI is InChI=1S/C36H50N2O13S/c1-20(15-27-31(48-22(3)40)33(50-24(5)42)32(49-23(4)41)28(51-27)18-46-21(2)39)30(37-47-17-25-11-9-8-10-12-25)34(43)38-29-16-26-13-14-36(29,35(26,6)7)19-52(38,44)45/h8-12,20,26-33,37H,13-19H2,1-7H3/t20-,26-,27+,28-,29-,30+,31+,32+,33-,36-/m1/s1. The number of fused-ring (bicyclic) bond motifs is 1. The van der Waals surface area contributed by atoms with E-state index in [0.717, 1.165) is 37.1 Å². The van der Waals surface area contributed by atoms with Crippen molar-refractivity contribution in [2.24, 2.45) is 22.7 Å². The predicted octanol–water partition coefficient (Wildman–Crippen LogP) is 2.60. The minimum atomic E-state index is -4.01. The van der Waals surface area contributed by atoms with Gasteiger partial charge in [-0.25, -0.2) is 12.7 Å². The fraction of sp³-hybridized carbons (Fsp3) is 0.694. The number of nitrogens with one attached hydrogen (secondary N) is 1. The molecule has 2 saturated heterocycles. The van der Waals surface area contributed by atoms with Gasteiger partial charge >= 0.3 is 23.9 Å². The molecule has 5 rings (SSSR count). The van der Waals surface area contributed by atoms with Crippen LogP contribution in [-0.2, 0) is 69.1 Å². The smallest absolute Gasteiger partial charge is 0.303 e. The minimum Gasteiger partial charge on any atom is -0.463 e. The van der Waals surface area contributed by atoms with Crippen molar-refractivity contribution in [1.29, 1.82) is 0 Å². The number of sulfonamides is 1. The molecular formula is C36H50N2O13S. The van der Waals surface area contributed by atoms with E-state index in [4.69, 9.17) is 28.5 Å². The summed E-state index contributed by atoms with van der Waals surface area (Å²) in [7, 11) is -4.01. The molecular weight excluding hydrogens is 700 g/mol. The van der Waals surface area contributed by atoms with Crippen molar-refractivity contribution >= 4 is 39.8 Å². The molecule has 15 nitrogen and oxygen atoms in total. The Morgan fingerprint density at radius 2 is 1.50 bits per heavy atom. The number of hydroxylamine groups is 1. The summed E-state index contributed by atoms with van der Waals surface area (Å²) >= 11 is 0. The number of hydrogen-bond acceptors (Lipinski definition) is 14. The molecule has 0 unspecified atom stereocenters. The predicted molar refractivity (Wildman–Crippen MR) is 182 cm³/mol. The molecule has 52 heavy (non-hydrogen) atoms. The molecule has 16 heteroatoms. The van der Waals surface area contributed by atoms with Crippen molar-refractivity contribution in [2.45, 2.75) is 123 Å². The van der Waals surface area contributed by atoms with E-state index in [0.29, 0.717) is 12.8 Å². The van der Waals surface area contributed by atoms with E-state index >= 15 is 0 Å². The van der Waals surface area contributed by atoms with Crippen molar-refractivity contribution in [1.82, 2.24) is 9.79 Å². The average Bonchev–Trinajstić information content (AvgIpc) is 3.53. The van der Waals surface area contributed by atoms with Gasteiger partial charge in [-0.2, -0.15) is 5.48 Å². The highest BCUT2D eigenvalue weighted by molar-refractivity contribution is 7.90. The van der Waals surface area contributed by atoms with Crippen molar-refractivity contribution in [2.75, 3.05) is 12.4 Å². The van der Waals surface area contributed by atoms with E-state index in [1.54, 1.807) is 6.92 Å². The highest BCUT2D eigenvalue weighted by Gasteiger charge is 2.72. The lowest BCUT2D eigenvalue weighted by atomic mass is 9.69. The Labute approximate surface area is 304 Å². The van der Waals surface area contributed by atoms with Gasteiger partial charge in [0.15, 0.2) is 18.3 Å². The van der Waals surface area contributed by atoms with Gasteiger partial charge in [0.1, 0.15) is 18.8 Å². The highest BCUT2D eigenvalue weighted by atomic mass is 32.2. The van der Waals surface area contributed by atoms with E-state index in [2.05, 4.69) is 19.3 Å². The summed E-state index contributed by atoms with van der Waals surface area (Å²) in [5.74, 6) is -4.23. The largest absolute Gasteiger partial charge is 0.463 e. The fourth-order valence-electron chi connectivity index (χ4n) is 8.93. The Morgan fingerprint density at radius 3 is 2.08 bits per heavy atom. The van der Waals surface area contributed by atoms with Crippen LogP contribution in [0.1, 0.15) is 79.7 Å². The molecule has 4 fully saturated rings. The first-order valence-corrected chi connectivity index (χ1v) is 19.3. The highest BCUT2D eigenvalue weighted by Crippen LogP contribution is 2.70. The lowest BCUT2D eigenvalue weighted by Gasteiger charge is -2.45. The van der Waals surface area contributed by atoms with Gasteiger partial charge in [-0.1, -0.05) is 51.1 Å². The molecule has 1 amide bonds. The van der Waals surface area contributed by atoms with Gasteiger partial charge in [-0.05, 0) is 48.5 Å². The second kappa shape index (κ2) is 15.4. The Balaban J connectivity index is 1.48. The van der Waals surface area contributed by atoms with Crippen LogP contribution in [0.2, 0.25) is 0 Å². The number of esters is 4. The maximum atomic E-state index is 14.7. The van der Waals surface area contributed by atoms with E-state index in [9.17, 15) is 32.4 Å². The maximum absolute atomic E-state index is 14.7. The van der Waals surface area contributed by atoms with E-state index in [1.165, 1.54) is 6.92 Å². The molecule has 2 aliphatic heterocycles. The Hall–Kier alpha value is -3.60. The third kappa shape index (κ3) is 7.85. The quantitative estimate of drug-likeness (QED) is 0.176. The minimum absolute atomic E-state index is 0.0611. The zero-order chi connectivity index (χ0) is 38.2. The van der Waals surface area contributed by atoms with Crippen LogP contribution < -0.4 is 5.48 Å². The van der Waals surface area contributed by atoms with E-state index in [1.807, 2.05) is 30.3 Å². The third-order valence-electron chi connectivity index (χ3n) is 11.4. The molecule has 1 aromatic carbocycles. The summed E-state index contributed by atoms with van der Waals surface area (Å²) in [5, 5.41) is 0. The van der Waals surface area contributed by atoms with Crippen molar-refractivity contribution < 1.29 is 60.9 Å². The second-order valence-electron chi connectivity index (χ2n) is 15.1. The van der Waals surface area contributed by atoms with Crippen molar-refractivity contribution in [3.8, 4) is 0 Å². The molecule has 2 saturated carbocycles. The van der Waals surface area contributed by atoms with Crippen LogP contribution in [0.25, 0.3) is 0 Å². The first-order chi connectivity index (χ1) is 24.4. The maximum Gasteiger partial charge on any atom is 0.303 e. The van der Waals surface area contributed by atoms with Gasteiger partial charge in [0.05, 0.1) is 24.5 Å². The van der Waals surface area contributed by atoms with Crippen LogP contribution in [0.5, 0.6) is 0 Å². The number of rotatable bonds is 13. The van der Waals surface area contributed by atoms with Crippen LogP contribution >= 0.6 is 0 Å². The van der Waals surface area contributed by atoms with Gasteiger partial charge in [0, 0.05) is 33.1 Å². The normalized spacial score (nSPS) is 32.3. The third-order valence-corrected chi connectivity index (χ3v) is 13.4. The number of ether oxygens (including phenoxy) is 5. The number of amides is 1. The Bertz CT molecular complexity index is 1640. The van der Waals surface area contributed by atoms with Gasteiger partial charge < -0.3 is 23.7 Å². The first kappa shape index (κ1) is 39.6. The summed E-state index contributed by atoms with van der Waals surface area (Å²) < 4.78 is 57.2. The van der Waals surface area contributed by atoms with Gasteiger partial charge in [-0.3, -0.25) is 28.8 Å². The molecule has 1 aromatic rings. The van der Waals surface area contributed by atoms with Gasteiger partial charge in [0.2, 0.25) is 10.0 Å². The second-order valence-corrected chi connectivity index (χ2v) is 16.9. The summed E-state index contributed by atoms with van der Waals surface area (Å²) in [6.07, 6.45) is -4.25. The summed E-state index contributed by atoms with van der Waals surface area (Å²) in [6.45, 7) is 10.1. The number of nitrogens with zero attached hydrogens (tertiary/aromatic N) is 1. The molecule has 0 aromatic heterocycles. The summed E-state index contributed by atoms with van der Waals surface area (Å²) in [6, 6.07) is 7.46. The number of carbonyl (C=O) groups excluding carboxylic acids is 5. The van der Waals surface area contributed by atoms with Gasteiger partial charge in [-0.15, -0.1) is 0 Å². The summed E-state index contributed by atoms with van der Waals surface area (Å²) in [4.78, 5) is 69.3. The van der Waals surface area contributed by atoms with Crippen molar-refractivity contribution in [3.05, 3.63) is 35.9 Å². The molecule has 10 atom stereocenters. The SMILES string of the molecule is CC(=O)OC[C@H]1O[C@@H](C[C@@H](C)[C@H](NOCc2ccccc2)C(=O)N2[C@@H]3C[C@H]4CC[C@]3(CS2(=O)=O)C4(C)C)[C@H](OC(C)=O)[C@@H](OC(C)=O)[C@H]1OC(C)=O. The molecule has 288 valence electrons. The molecule has 1 spiro atoms. The molecule has 2 bridgehead atoms. The number of benzene rings is 1. The topological polar surface area (TPSA) is 190 Å². The van der Waals surface area contributed by atoms with Crippen LogP contribution in [0.4, 0.5) is 0 Å².